The van der Waals surface area contributed by atoms with Crippen LogP contribution in [0.5, 0.6) is 0 Å². The molecule has 24 heavy (non-hydrogen) atoms. The molecule has 1 heterocycles. The summed E-state index contributed by atoms with van der Waals surface area (Å²) in [6.07, 6.45) is 0.907. The molecule has 0 atom stereocenters. The Morgan fingerprint density at radius 2 is 1.96 bits per heavy atom. The van der Waals surface area contributed by atoms with Gasteiger partial charge in [-0.25, -0.2) is 4.39 Å². The molecular formula is C17H24FN3O3. The first-order chi connectivity index (χ1) is 11.6. The average Bonchev–Trinajstić information content (AvgIpc) is 3.03. The predicted molar refractivity (Wildman–Crippen MR) is 88.1 cm³/mol. The van der Waals surface area contributed by atoms with Crippen LogP contribution >= 0.6 is 0 Å². The number of hydrogen-bond donors (Lipinski definition) is 0. The van der Waals surface area contributed by atoms with Gasteiger partial charge in [-0.2, -0.15) is 4.98 Å². The van der Waals surface area contributed by atoms with Gasteiger partial charge in [-0.15, -0.1) is 0 Å². The van der Waals surface area contributed by atoms with Crippen molar-refractivity contribution in [2.24, 2.45) is 0 Å². The third-order valence-electron chi connectivity index (χ3n) is 3.69. The molecule has 6 nitrogen and oxygen atoms in total. The van der Waals surface area contributed by atoms with Crippen molar-refractivity contribution < 1.29 is 18.4 Å². The number of nitrogens with zero attached hydrogens (tertiary/aromatic N) is 3. The highest BCUT2D eigenvalue weighted by molar-refractivity contribution is 5.54. The van der Waals surface area contributed by atoms with Crippen LogP contribution in [0.4, 0.5) is 4.39 Å². The highest BCUT2D eigenvalue weighted by atomic mass is 19.1. The molecule has 1 aromatic heterocycles. The number of methoxy groups -OCH3 is 2. The fourth-order valence-corrected chi connectivity index (χ4v) is 2.28. The number of aromatic nitrogens is 2. The molecule has 0 saturated heterocycles. The van der Waals surface area contributed by atoms with E-state index >= 15 is 0 Å². The van der Waals surface area contributed by atoms with E-state index < -0.39 is 0 Å². The second-order valence-electron chi connectivity index (χ2n) is 5.59. The second-order valence-corrected chi connectivity index (χ2v) is 5.59. The van der Waals surface area contributed by atoms with Gasteiger partial charge in [0.05, 0.1) is 13.2 Å². The average molecular weight is 337 g/mol. The number of aryl methyl sites for hydroxylation is 1. The van der Waals surface area contributed by atoms with Gasteiger partial charge in [-0.3, -0.25) is 4.90 Å². The first-order valence-corrected chi connectivity index (χ1v) is 7.93. The van der Waals surface area contributed by atoms with Crippen molar-refractivity contribution in [1.82, 2.24) is 15.0 Å². The maximum Gasteiger partial charge on any atom is 0.241 e. The summed E-state index contributed by atoms with van der Waals surface area (Å²) in [5, 5.41) is 3.95. The lowest BCUT2D eigenvalue weighted by Gasteiger charge is -2.19. The zero-order valence-electron chi connectivity index (χ0n) is 14.4. The van der Waals surface area contributed by atoms with E-state index in [9.17, 15) is 4.39 Å². The quantitative estimate of drug-likeness (QED) is 0.621. The van der Waals surface area contributed by atoms with Crippen LogP contribution in [-0.2, 0) is 16.0 Å². The number of halogens is 1. The third-order valence-corrected chi connectivity index (χ3v) is 3.69. The Labute approximate surface area is 141 Å². The molecule has 7 heteroatoms. The molecule has 1 aromatic carbocycles. The summed E-state index contributed by atoms with van der Waals surface area (Å²) in [5.74, 6) is 0.618. The van der Waals surface area contributed by atoms with Crippen molar-refractivity contribution in [3.05, 3.63) is 35.5 Å². The molecule has 0 radical (unpaired) electrons. The minimum atomic E-state index is -0.278. The Balaban J connectivity index is 2.02. The molecule has 0 bridgehead atoms. The molecule has 0 spiro atoms. The minimum absolute atomic E-state index is 0.278. The van der Waals surface area contributed by atoms with Crippen LogP contribution < -0.4 is 0 Å². The Morgan fingerprint density at radius 1 is 1.17 bits per heavy atom. The lowest BCUT2D eigenvalue weighted by molar-refractivity contribution is 0.122. The third kappa shape index (κ3) is 5.36. The van der Waals surface area contributed by atoms with Gasteiger partial charge in [0.2, 0.25) is 11.7 Å². The standard InChI is InChI=1S/C17H24FN3O3/c1-13-5-6-14(11-15(13)18)17-19-16(24-20-17)12-21(8-10-23-3)7-4-9-22-2/h5-6,11H,4,7-10,12H2,1-3H3. The van der Waals surface area contributed by atoms with Crippen LogP contribution in [0, 0.1) is 12.7 Å². The Bertz CT molecular complexity index is 633. The summed E-state index contributed by atoms with van der Waals surface area (Å²) in [6, 6.07) is 4.91. The number of benzene rings is 1. The fraction of sp³-hybridized carbons (Fsp3) is 0.529. The van der Waals surface area contributed by atoms with Gasteiger partial charge in [0.25, 0.3) is 0 Å². The Hall–Kier alpha value is -1.83. The Morgan fingerprint density at radius 3 is 2.67 bits per heavy atom. The van der Waals surface area contributed by atoms with Crippen LogP contribution in [0.3, 0.4) is 0 Å². The first kappa shape index (κ1) is 18.5. The minimum Gasteiger partial charge on any atom is -0.385 e. The number of ether oxygens (including phenoxy) is 2. The molecule has 0 fully saturated rings. The molecule has 0 N–H and O–H groups in total. The van der Waals surface area contributed by atoms with Crippen molar-refractivity contribution >= 4 is 0 Å². The van der Waals surface area contributed by atoms with Crippen LogP contribution in [-0.4, -0.2) is 55.6 Å². The van der Waals surface area contributed by atoms with Gasteiger partial charge >= 0.3 is 0 Å². The van der Waals surface area contributed by atoms with Gasteiger partial charge in [0.1, 0.15) is 5.82 Å². The predicted octanol–water partition coefficient (Wildman–Crippen LogP) is 2.67. The van der Waals surface area contributed by atoms with E-state index in [-0.39, 0.29) is 5.82 Å². The van der Waals surface area contributed by atoms with Gasteiger partial charge < -0.3 is 14.0 Å². The summed E-state index contributed by atoms with van der Waals surface area (Å²) in [7, 11) is 3.36. The molecule has 0 aliphatic rings. The van der Waals surface area contributed by atoms with Gasteiger partial charge in [-0.05, 0) is 25.0 Å². The van der Waals surface area contributed by atoms with E-state index in [2.05, 4.69) is 15.0 Å². The van der Waals surface area contributed by atoms with Crippen molar-refractivity contribution in [2.45, 2.75) is 19.9 Å². The lowest BCUT2D eigenvalue weighted by atomic mass is 10.1. The van der Waals surface area contributed by atoms with Crippen LogP contribution in [0.1, 0.15) is 17.9 Å². The summed E-state index contributed by atoms with van der Waals surface area (Å²) < 4.78 is 29.2. The molecule has 0 amide bonds. The number of rotatable bonds is 10. The van der Waals surface area contributed by atoms with Crippen molar-refractivity contribution in [1.29, 1.82) is 0 Å². The van der Waals surface area contributed by atoms with E-state index in [0.717, 1.165) is 19.5 Å². The fourth-order valence-electron chi connectivity index (χ4n) is 2.28. The summed E-state index contributed by atoms with van der Waals surface area (Å²) >= 11 is 0. The zero-order chi connectivity index (χ0) is 17.4. The van der Waals surface area contributed by atoms with Crippen molar-refractivity contribution in [3.63, 3.8) is 0 Å². The highest BCUT2D eigenvalue weighted by Crippen LogP contribution is 2.19. The number of hydrogen-bond acceptors (Lipinski definition) is 6. The monoisotopic (exact) mass is 337 g/mol. The molecule has 0 aliphatic carbocycles. The summed E-state index contributed by atoms with van der Waals surface area (Å²) in [5.41, 5.74) is 1.20. The molecular weight excluding hydrogens is 313 g/mol. The molecule has 132 valence electrons. The second kappa shape index (κ2) is 9.46. The van der Waals surface area contributed by atoms with Gasteiger partial charge in [0, 0.05) is 39.5 Å². The summed E-state index contributed by atoms with van der Waals surface area (Å²) in [4.78, 5) is 6.53. The maximum absolute atomic E-state index is 13.7. The van der Waals surface area contributed by atoms with Crippen LogP contribution in [0.2, 0.25) is 0 Å². The van der Waals surface area contributed by atoms with E-state index in [1.54, 1.807) is 33.3 Å². The van der Waals surface area contributed by atoms with Gasteiger partial charge in [0.15, 0.2) is 0 Å². The van der Waals surface area contributed by atoms with E-state index in [1.165, 1.54) is 6.07 Å². The largest absolute Gasteiger partial charge is 0.385 e. The molecule has 0 aliphatic heterocycles. The molecule has 2 aromatic rings. The van der Waals surface area contributed by atoms with Crippen molar-refractivity contribution in [3.8, 4) is 11.4 Å². The highest BCUT2D eigenvalue weighted by Gasteiger charge is 2.14. The Kier molecular flexibility index (Phi) is 7.30. The molecule has 0 saturated carbocycles. The lowest BCUT2D eigenvalue weighted by Crippen LogP contribution is -2.29. The molecule has 2 rings (SSSR count). The van der Waals surface area contributed by atoms with Crippen LogP contribution in [0.15, 0.2) is 22.7 Å². The first-order valence-electron chi connectivity index (χ1n) is 7.93. The normalized spacial score (nSPS) is 11.4. The van der Waals surface area contributed by atoms with E-state index in [1.807, 2.05) is 0 Å². The van der Waals surface area contributed by atoms with Crippen molar-refractivity contribution in [2.75, 3.05) is 40.5 Å². The van der Waals surface area contributed by atoms with E-state index in [4.69, 9.17) is 14.0 Å². The van der Waals surface area contributed by atoms with Gasteiger partial charge in [-0.1, -0.05) is 17.3 Å². The SMILES string of the molecule is COCCCN(CCOC)Cc1nc(-c2ccc(C)c(F)c2)no1. The summed E-state index contributed by atoms with van der Waals surface area (Å²) in [6.45, 7) is 5.16. The maximum atomic E-state index is 13.7. The van der Waals surface area contributed by atoms with Crippen LogP contribution in [0.25, 0.3) is 11.4 Å². The topological polar surface area (TPSA) is 60.6 Å². The zero-order valence-corrected chi connectivity index (χ0v) is 14.4. The van der Waals surface area contributed by atoms with E-state index in [0.29, 0.717) is 42.6 Å². The smallest absolute Gasteiger partial charge is 0.241 e. The molecule has 0 unspecified atom stereocenters.